The van der Waals surface area contributed by atoms with Crippen molar-refractivity contribution in [3.05, 3.63) is 93.9 Å². The highest BCUT2D eigenvalue weighted by Gasteiger charge is 2.14. The Kier molecular flexibility index (Phi) is 6.95. The van der Waals surface area contributed by atoms with Crippen molar-refractivity contribution in [3.63, 3.8) is 0 Å². The van der Waals surface area contributed by atoms with Gasteiger partial charge in [0.1, 0.15) is 35.5 Å². The van der Waals surface area contributed by atoms with Gasteiger partial charge in [-0.1, -0.05) is 41.9 Å². The van der Waals surface area contributed by atoms with Crippen molar-refractivity contribution in [3.8, 4) is 11.8 Å². The van der Waals surface area contributed by atoms with Gasteiger partial charge in [0.15, 0.2) is 0 Å². The van der Waals surface area contributed by atoms with Crippen LogP contribution >= 0.6 is 11.6 Å². The molecule has 1 atom stereocenters. The summed E-state index contributed by atoms with van der Waals surface area (Å²) in [6.45, 7) is 3.98. The van der Waals surface area contributed by atoms with Crippen molar-refractivity contribution in [2.75, 3.05) is 0 Å². The van der Waals surface area contributed by atoms with E-state index in [4.69, 9.17) is 20.8 Å². The fourth-order valence-electron chi connectivity index (χ4n) is 2.80. The van der Waals surface area contributed by atoms with Crippen molar-refractivity contribution in [2.45, 2.75) is 26.5 Å². The molecule has 0 aliphatic rings. The lowest BCUT2D eigenvalue weighted by atomic mass is 10.1. The molecular formula is C24H21ClN2O3. The van der Waals surface area contributed by atoms with Gasteiger partial charge < -0.3 is 14.5 Å². The third-order valence-electron chi connectivity index (χ3n) is 4.49. The Hall–Kier alpha value is -3.49. The van der Waals surface area contributed by atoms with E-state index in [0.717, 1.165) is 11.1 Å². The Bertz CT molecular complexity index is 1100. The van der Waals surface area contributed by atoms with E-state index >= 15 is 0 Å². The summed E-state index contributed by atoms with van der Waals surface area (Å²) in [6.07, 6.45) is 1.42. The van der Waals surface area contributed by atoms with Gasteiger partial charge in [-0.2, -0.15) is 5.26 Å². The van der Waals surface area contributed by atoms with Crippen LogP contribution in [-0.4, -0.2) is 5.91 Å². The van der Waals surface area contributed by atoms with Gasteiger partial charge in [-0.15, -0.1) is 0 Å². The first-order valence-electron chi connectivity index (χ1n) is 9.41. The maximum Gasteiger partial charge on any atom is 0.262 e. The van der Waals surface area contributed by atoms with E-state index in [9.17, 15) is 10.1 Å². The molecule has 0 fully saturated rings. The summed E-state index contributed by atoms with van der Waals surface area (Å²) in [5, 5.41) is 12.9. The molecule has 1 aromatic heterocycles. The summed E-state index contributed by atoms with van der Waals surface area (Å²) in [5.74, 6) is 1.20. The fourth-order valence-corrected chi connectivity index (χ4v) is 2.92. The number of benzene rings is 2. The van der Waals surface area contributed by atoms with Crippen molar-refractivity contribution >= 4 is 23.6 Å². The van der Waals surface area contributed by atoms with Crippen LogP contribution in [0.5, 0.6) is 5.75 Å². The average Bonchev–Trinajstić information content (AvgIpc) is 3.21. The number of carbonyl (C=O) groups is 1. The summed E-state index contributed by atoms with van der Waals surface area (Å²) in [6, 6.07) is 20.1. The van der Waals surface area contributed by atoms with Crippen molar-refractivity contribution < 1.29 is 13.9 Å². The first kappa shape index (κ1) is 21.2. The molecule has 0 aliphatic carbocycles. The normalized spacial score (nSPS) is 12.1. The summed E-state index contributed by atoms with van der Waals surface area (Å²) in [4.78, 5) is 12.5. The number of amides is 1. The van der Waals surface area contributed by atoms with Crippen LogP contribution < -0.4 is 10.1 Å². The lowest BCUT2D eigenvalue weighted by Gasteiger charge is -2.13. The van der Waals surface area contributed by atoms with Crippen LogP contribution in [0.1, 0.15) is 35.6 Å². The van der Waals surface area contributed by atoms with Crippen LogP contribution in [0.2, 0.25) is 5.02 Å². The molecule has 3 rings (SSSR count). The first-order chi connectivity index (χ1) is 14.5. The van der Waals surface area contributed by atoms with Crippen LogP contribution in [0.3, 0.4) is 0 Å². The monoisotopic (exact) mass is 420 g/mol. The van der Waals surface area contributed by atoms with Crippen molar-refractivity contribution in [1.29, 1.82) is 5.26 Å². The molecule has 5 nitrogen and oxygen atoms in total. The molecule has 0 saturated heterocycles. The highest BCUT2D eigenvalue weighted by molar-refractivity contribution is 6.31. The smallest absolute Gasteiger partial charge is 0.262 e. The second-order valence-corrected chi connectivity index (χ2v) is 7.19. The standard InChI is InChI=1S/C24H21ClN2O3/c1-16-12-20(10-11-23(16)25)29-15-22-9-8-21(30-22)13-19(14-26)24(28)27-17(2)18-6-4-3-5-7-18/h3-13,17H,15H2,1-2H3,(H,27,28)/b19-13+/t17-/m1/s1. The molecule has 1 heterocycles. The topological polar surface area (TPSA) is 75.3 Å². The van der Waals surface area contributed by atoms with Gasteiger partial charge >= 0.3 is 0 Å². The summed E-state index contributed by atoms with van der Waals surface area (Å²) >= 11 is 6.02. The van der Waals surface area contributed by atoms with Crippen molar-refractivity contribution in [1.82, 2.24) is 5.32 Å². The lowest BCUT2D eigenvalue weighted by molar-refractivity contribution is -0.117. The molecule has 2 aromatic carbocycles. The third kappa shape index (κ3) is 5.53. The van der Waals surface area contributed by atoms with E-state index in [1.807, 2.05) is 56.3 Å². The summed E-state index contributed by atoms with van der Waals surface area (Å²) in [7, 11) is 0. The molecule has 152 valence electrons. The highest BCUT2D eigenvalue weighted by Crippen LogP contribution is 2.22. The van der Waals surface area contributed by atoms with E-state index in [2.05, 4.69) is 5.32 Å². The SMILES string of the molecule is Cc1cc(OCc2ccc(/C=C(\C#N)C(=O)N[C@H](C)c3ccccc3)o2)ccc1Cl. The third-order valence-corrected chi connectivity index (χ3v) is 4.92. The maximum absolute atomic E-state index is 12.5. The number of furan rings is 1. The molecule has 1 amide bonds. The number of rotatable bonds is 7. The molecule has 0 bridgehead atoms. The predicted octanol–water partition coefficient (Wildman–Crippen LogP) is 5.60. The molecule has 0 aliphatic heterocycles. The Morgan fingerprint density at radius 3 is 2.70 bits per heavy atom. The van der Waals surface area contributed by atoms with E-state index in [1.165, 1.54) is 6.08 Å². The van der Waals surface area contributed by atoms with E-state index in [0.29, 0.717) is 22.3 Å². The summed E-state index contributed by atoms with van der Waals surface area (Å²) < 4.78 is 11.4. The second kappa shape index (κ2) is 9.82. The Morgan fingerprint density at radius 2 is 2.00 bits per heavy atom. The fraction of sp³-hybridized carbons (Fsp3) is 0.167. The maximum atomic E-state index is 12.5. The molecule has 30 heavy (non-hydrogen) atoms. The lowest BCUT2D eigenvalue weighted by Crippen LogP contribution is -2.27. The molecule has 0 spiro atoms. The number of hydrogen-bond donors (Lipinski definition) is 1. The zero-order valence-electron chi connectivity index (χ0n) is 16.7. The van der Waals surface area contributed by atoms with Crippen LogP contribution in [-0.2, 0) is 11.4 Å². The predicted molar refractivity (Wildman–Crippen MR) is 116 cm³/mol. The van der Waals surface area contributed by atoms with Crippen LogP contribution in [0.25, 0.3) is 6.08 Å². The van der Waals surface area contributed by atoms with Gasteiger partial charge in [0.2, 0.25) is 0 Å². The zero-order chi connectivity index (χ0) is 21.5. The number of halogens is 1. The molecule has 1 N–H and O–H groups in total. The van der Waals surface area contributed by atoms with Gasteiger partial charge in [-0.3, -0.25) is 4.79 Å². The second-order valence-electron chi connectivity index (χ2n) is 6.78. The molecule has 0 unspecified atom stereocenters. The Balaban J connectivity index is 1.63. The van der Waals surface area contributed by atoms with Crippen LogP contribution in [0.15, 0.2) is 70.7 Å². The van der Waals surface area contributed by atoms with Crippen LogP contribution in [0.4, 0.5) is 0 Å². The average molecular weight is 421 g/mol. The quantitative estimate of drug-likeness (QED) is 0.398. The van der Waals surface area contributed by atoms with Gasteiger partial charge in [-0.25, -0.2) is 0 Å². The molecular weight excluding hydrogens is 400 g/mol. The van der Waals surface area contributed by atoms with Crippen LogP contribution in [0, 0.1) is 18.3 Å². The minimum Gasteiger partial charge on any atom is -0.486 e. The minimum absolute atomic E-state index is 0.0343. The minimum atomic E-state index is -0.459. The van der Waals surface area contributed by atoms with E-state index in [1.54, 1.807) is 24.3 Å². The molecule has 6 heteroatoms. The number of hydrogen-bond acceptors (Lipinski definition) is 4. The number of ether oxygens (including phenoxy) is 1. The number of aryl methyl sites for hydroxylation is 1. The zero-order valence-corrected chi connectivity index (χ0v) is 17.4. The van der Waals surface area contributed by atoms with Crippen molar-refractivity contribution in [2.24, 2.45) is 0 Å². The highest BCUT2D eigenvalue weighted by atomic mass is 35.5. The van der Waals surface area contributed by atoms with Gasteiger partial charge in [-0.05, 0) is 55.3 Å². The Labute approximate surface area is 180 Å². The summed E-state index contributed by atoms with van der Waals surface area (Å²) in [5.41, 5.74) is 1.84. The van der Waals surface area contributed by atoms with E-state index < -0.39 is 5.91 Å². The number of carbonyl (C=O) groups excluding carboxylic acids is 1. The number of nitrogens with zero attached hydrogens (tertiary/aromatic N) is 1. The van der Waals surface area contributed by atoms with E-state index in [-0.39, 0.29) is 18.2 Å². The van der Waals surface area contributed by atoms with Gasteiger partial charge in [0, 0.05) is 11.1 Å². The molecule has 0 saturated carbocycles. The molecule has 3 aromatic rings. The Morgan fingerprint density at radius 1 is 1.23 bits per heavy atom. The van der Waals surface area contributed by atoms with Gasteiger partial charge in [0.05, 0.1) is 6.04 Å². The number of nitrogens with one attached hydrogen (secondary N) is 1. The van der Waals surface area contributed by atoms with Gasteiger partial charge in [0.25, 0.3) is 5.91 Å². The molecule has 0 radical (unpaired) electrons. The first-order valence-corrected chi connectivity index (χ1v) is 9.79. The number of nitriles is 1. The largest absolute Gasteiger partial charge is 0.486 e.